The Balaban J connectivity index is 2.17. The lowest BCUT2D eigenvalue weighted by Gasteiger charge is -2.17. The average molecular weight is 335 g/mol. The quantitative estimate of drug-likeness (QED) is 0.753. The van der Waals surface area contributed by atoms with Gasteiger partial charge in [0.15, 0.2) is 0 Å². The van der Waals surface area contributed by atoms with Gasteiger partial charge in [0.1, 0.15) is 5.82 Å². The summed E-state index contributed by atoms with van der Waals surface area (Å²) in [6, 6.07) is 4.21. The summed E-state index contributed by atoms with van der Waals surface area (Å²) in [6.07, 6.45) is 2.82. The molecule has 1 aliphatic rings. The molecule has 0 aliphatic carbocycles. The summed E-state index contributed by atoms with van der Waals surface area (Å²) in [7, 11) is 0. The minimum Gasteiger partial charge on any atom is -0.268 e. The number of carbonyl (C=O) groups is 2. The van der Waals surface area contributed by atoms with Crippen LogP contribution in [0.25, 0.3) is 0 Å². The summed E-state index contributed by atoms with van der Waals surface area (Å²) in [5.74, 6) is -1.31. The number of imide groups is 1. The zero-order valence-electron chi connectivity index (χ0n) is 10.4. The molecule has 0 bridgehead atoms. The molecular weight excluding hydrogens is 327 g/mol. The maximum absolute atomic E-state index is 13.5. The molecule has 4 nitrogen and oxygen atoms in total. The highest BCUT2D eigenvalue weighted by Gasteiger charge is 2.37. The second-order valence-electron chi connectivity index (χ2n) is 4.42. The third kappa shape index (κ3) is 1.76. The lowest BCUT2D eigenvalue weighted by atomic mass is 10.1. The molecule has 2 heterocycles. The van der Waals surface area contributed by atoms with Gasteiger partial charge in [0.25, 0.3) is 11.8 Å². The third-order valence-electron chi connectivity index (χ3n) is 3.17. The molecule has 3 rings (SSSR count). The fourth-order valence-corrected chi connectivity index (χ4v) is 2.51. The average Bonchev–Trinajstić information content (AvgIpc) is 2.68. The van der Waals surface area contributed by atoms with Crippen molar-refractivity contribution in [1.82, 2.24) is 4.98 Å². The first-order valence-electron chi connectivity index (χ1n) is 5.79. The Morgan fingerprint density at radius 2 is 1.90 bits per heavy atom. The minimum absolute atomic E-state index is 0.202. The van der Waals surface area contributed by atoms with E-state index in [1.807, 2.05) is 0 Å². The first-order chi connectivity index (χ1) is 9.50. The fourth-order valence-electron chi connectivity index (χ4n) is 2.18. The van der Waals surface area contributed by atoms with Gasteiger partial charge in [0.2, 0.25) is 0 Å². The number of fused-ring (bicyclic) bond motifs is 1. The number of halogens is 2. The smallest absolute Gasteiger partial charge is 0.267 e. The van der Waals surface area contributed by atoms with Crippen LogP contribution >= 0.6 is 15.9 Å². The van der Waals surface area contributed by atoms with E-state index in [2.05, 4.69) is 20.9 Å². The Bertz CT molecular complexity index is 726. The van der Waals surface area contributed by atoms with Crippen LogP contribution in [-0.2, 0) is 0 Å². The van der Waals surface area contributed by atoms with Crippen LogP contribution in [0.2, 0.25) is 0 Å². The van der Waals surface area contributed by atoms with Crippen LogP contribution in [0, 0.1) is 12.7 Å². The van der Waals surface area contributed by atoms with E-state index >= 15 is 0 Å². The summed E-state index contributed by atoms with van der Waals surface area (Å²) in [5.41, 5.74) is 1.44. The van der Waals surface area contributed by atoms with Crippen molar-refractivity contribution in [3.8, 4) is 0 Å². The number of amides is 2. The van der Waals surface area contributed by atoms with Crippen LogP contribution in [0.5, 0.6) is 0 Å². The topological polar surface area (TPSA) is 50.3 Å². The number of carbonyl (C=O) groups excluding carboxylic acids is 2. The molecule has 0 saturated heterocycles. The van der Waals surface area contributed by atoms with Gasteiger partial charge in [-0.2, -0.15) is 0 Å². The van der Waals surface area contributed by atoms with Gasteiger partial charge >= 0.3 is 0 Å². The van der Waals surface area contributed by atoms with Gasteiger partial charge in [0.05, 0.1) is 21.3 Å². The number of benzene rings is 1. The molecule has 0 fully saturated rings. The summed E-state index contributed by atoms with van der Waals surface area (Å²) in [4.78, 5) is 29.5. The van der Waals surface area contributed by atoms with Crippen LogP contribution < -0.4 is 4.90 Å². The first-order valence-corrected chi connectivity index (χ1v) is 6.58. The van der Waals surface area contributed by atoms with Gasteiger partial charge in [-0.05, 0) is 46.6 Å². The van der Waals surface area contributed by atoms with E-state index in [1.54, 1.807) is 6.92 Å². The zero-order valence-corrected chi connectivity index (χ0v) is 11.9. The number of aromatic nitrogens is 1. The number of nitrogens with zero attached hydrogens (tertiary/aromatic N) is 2. The van der Waals surface area contributed by atoms with E-state index in [0.29, 0.717) is 16.8 Å². The van der Waals surface area contributed by atoms with E-state index < -0.39 is 17.6 Å². The molecule has 0 spiro atoms. The van der Waals surface area contributed by atoms with Gasteiger partial charge in [-0.3, -0.25) is 14.6 Å². The number of hydrogen-bond donors (Lipinski definition) is 0. The summed E-state index contributed by atoms with van der Waals surface area (Å²) >= 11 is 3.07. The summed E-state index contributed by atoms with van der Waals surface area (Å²) in [6.45, 7) is 1.65. The molecule has 0 atom stereocenters. The van der Waals surface area contributed by atoms with Crippen molar-refractivity contribution >= 4 is 33.4 Å². The van der Waals surface area contributed by atoms with Gasteiger partial charge in [-0.15, -0.1) is 0 Å². The van der Waals surface area contributed by atoms with E-state index in [0.717, 1.165) is 4.90 Å². The predicted molar refractivity (Wildman–Crippen MR) is 74.2 cm³/mol. The highest BCUT2D eigenvalue weighted by Crippen LogP contribution is 2.33. The Morgan fingerprint density at radius 1 is 1.20 bits per heavy atom. The Morgan fingerprint density at radius 3 is 2.60 bits per heavy atom. The summed E-state index contributed by atoms with van der Waals surface area (Å²) < 4.78 is 13.7. The molecule has 1 aliphatic heterocycles. The van der Waals surface area contributed by atoms with E-state index in [1.165, 1.54) is 30.6 Å². The molecule has 1 aromatic carbocycles. The standard InChI is InChI=1S/C14H8BrFN2O2/c1-7-4-11(16)10(15)5-12(7)18-13(19)8-2-3-17-6-9(8)14(18)20/h2-6H,1H3. The van der Waals surface area contributed by atoms with Crippen molar-refractivity contribution in [2.24, 2.45) is 0 Å². The van der Waals surface area contributed by atoms with Crippen LogP contribution in [0.3, 0.4) is 0 Å². The van der Waals surface area contributed by atoms with Crippen LogP contribution in [0.15, 0.2) is 35.1 Å². The van der Waals surface area contributed by atoms with E-state index in [-0.39, 0.29) is 10.0 Å². The van der Waals surface area contributed by atoms with E-state index in [9.17, 15) is 14.0 Å². The van der Waals surface area contributed by atoms with Crippen LogP contribution in [0.1, 0.15) is 26.3 Å². The lowest BCUT2D eigenvalue weighted by molar-refractivity contribution is 0.0926. The molecule has 0 radical (unpaired) electrons. The number of hydrogen-bond acceptors (Lipinski definition) is 3. The number of aryl methyl sites for hydroxylation is 1. The van der Waals surface area contributed by atoms with Crippen molar-refractivity contribution in [2.75, 3.05) is 4.90 Å². The molecule has 6 heteroatoms. The van der Waals surface area contributed by atoms with Crippen molar-refractivity contribution in [2.45, 2.75) is 6.92 Å². The predicted octanol–water partition coefficient (Wildman–Crippen LogP) is 3.09. The maximum Gasteiger partial charge on any atom is 0.267 e. The minimum atomic E-state index is -0.445. The number of rotatable bonds is 1. The molecule has 0 unspecified atom stereocenters. The van der Waals surface area contributed by atoms with Crippen molar-refractivity contribution in [3.05, 3.63) is 57.6 Å². The highest BCUT2D eigenvalue weighted by atomic mass is 79.9. The second kappa shape index (κ2) is 4.49. The molecule has 100 valence electrons. The van der Waals surface area contributed by atoms with Crippen molar-refractivity contribution in [3.63, 3.8) is 0 Å². The molecule has 1 aromatic heterocycles. The molecule has 2 aromatic rings. The Labute approximate surface area is 122 Å². The lowest BCUT2D eigenvalue weighted by Crippen LogP contribution is -2.30. The van der Waals surface area contributed by atoms with Crippen LogP contribution in [0.4, 0.5) is 10.1 Å². The Kier molecular flexibility index (Phi) is 2.90. The highest BCUT2D eigenvalue weighted by molar-refractivity contribution is 9.10. The fraction of sp³-hybridized carbons (Fsp3) is 0.0714. The van der Waals surface area contributed by atoms with Crippen LogP contribution in [-0.4, -0.2) is 16.8 Å². The van der Waals surface area contributed by atoms with Gasteiger partial charge in [-0.1, -0.05) is 0 Å². The van der Waals surface area contributed by atoms with Crippen molar-refractivity contribution < 1.29 is 14.0 Å². The monoisotopic (exact) mass is 334 g/mol. The third-order valence-corrected chi connectivity index (χ3v) is 3.78. The van der Waals surface area contributed by atoms with Crippen molar-refractivity contribution in [1.29, 1.82) is 0 Å². The summed E-state index contributed by atoms with van der Waals surface area (Å²) in [5, 5.41) is 0. The molecular formula is C14H8BrFN2O2. The van der Waals surface area contributed by atoms with E-state index in [4.69, 9.17) is 0 Å². The van der Waals surface area contributed by atoms with Gasteiger partial charge in [-0.25, -0.2) is 9.29 Å². The number of pyridine rings is 1. The number of anilines is 1. The maximum atomic E-state index is 13.5. The van der Waals surface area contributed by atoms with Gasteiger partial charge < -0.3 is 0 Å². The SMILES string of the molecule is Cc1cc(F)c(Br)cc1N1C(=O)c2ccncc2C1=O. The molecule has 0 saturated carbocycles. The first kappa shape index (κ1) is 12.9. The molecule has 20 heavy (non-hydrogen) atoms. The Hall–Kier alpha value is -2.08. The second-order valence-corrected chi connectivity index (χ2v) is 5.27. The molecule has 0 N–H and O–H groups in total. The molecule has 2 amide bonds. The van der Waals surface area contributed by atoms with Gasteiger partial charge in [0, 0.05) is 12.4 Å². The normalized spacial score (nSPS) is 13.8. The zero-order chi connectivity index (χ0) is 14.4. The largest absolute Gasteiger partial charge is 0.268 e.